The maximum absolute atomic E-state index is 6.14. The molecule has 94 valence electrons. The van der Waals surface area contributed by atoms with Gasteiger partial charge in [0.1, 0.15) is 5.75 Å². The summed E-state index contributed by atoms with van der Waals surface area (Å²) in [6, 6.07) is 6.17. The Kier molecular flexibility index (Phi) is 4.49. The molecule has 1 aromatic carbocycles. The zero-order chi connectivity index (χ0) is 12.3. The van der Waals surface area contributed by atoms with Crippen LogP contribution in [0.25, 0.3) is 0 Å². The molecule has 1 nitrogen and oxygen atoms in total. The minimum atomic E-state index is 0.336. The van der Waals surface area contributed by atoms with E-state index in [1.54, 1.807) is 0 Å². The van der Waals surface area contributed by atoms with Crippen molar-refractivity contribution in [2.75, 3.05) is 0 Å². The molecule has 1 aromatic rings. The van der Waals surface area contributed by atoms with Crippen LogP contribution >= 0.6 is 15.9 Å². The molecule has 0 heterocycles. The van der Waals surface area contributed by atoms with Crippen LogP contribution in [0.15, 0.2) is 22.7 Å². The Labute approximate surface area is 113 Å². The quantitative estimate of drug-likeness (QED) is 0.753. The van der Waals surface area contributed by atoms with Crippen LogP contribution in [0.5, 0.6) is 5.75 Å². The Morgan fingerprint density at radius 2 is 1.94 bits per heavy atom. The third-order valence-electron chi connectivity index (χ3n) is 3.84. The third-order valence-corrected chi connectivity index (χ3v) is 4.70. The van der Waals surface area contributed by atoms with E-state index < -0.39 is 0 Å². The van der Waals surface area contributed by atoms with Crippen LogP contribution in [-0.2, 0) is 0 Å². The summed E-state index contributed by atoms with van der Waals surface area (Å²) in [4.78, 5) is 0. The molecule has 1 aliphatic rings. The molecule has 0 aromatic heterocycles. The van der Waals surface area contributed by atoms with E-state index in [0.29, 0.717) is 6.10 Å². The second-order valence-corrected chi connectivity index (χ2v) is 5.94. The number of hydrogen-bond donors (Lipinski definition) is 0. The average molecular weight is 297 g/mol. The van der Waals surface area contributed by atoms with Crippen LogP contribution in [0.4, 0.5) is 0 Å². The van der Waals surface area contributed by atoms with Crippen LogP contribution < -0.4 is 4.74 Å². The molecule has 17 heavy (non-hydrogen) atoms. The predicted molar refractivity (Wildman–Crippen MR) is 75.5 cm³/mol. The molecule has 1 saturated carbocycles. The Hall–Kier alpha value is -0.500. The van der Waals surface area contributed by atoms with Crippen LogP contribution in [0.3, 0.4) is 0 Å². The fourth-order valence-corrected chi connectivity index (χ4v) is 2.96. The van der Waals surface area contributed by atoms with Crippen LogP contribution in [0.2, 0.25) is 0 Å². The number of halogens is 1. The van der Waals surface area contributed by atoms with E-state index >= 15 is 0 Å². The zero-order valence-corrected chi connectivity index (χ0v) is 12.3. The number of hydrogen-bond acceptors (Lipinski definition) is 1. The van der Waals surface area contributed by atoms with Crippen molar-refractivity contribution in [3.63, 3.8) is 0 Å². The van der Waals surface area contributed by atoms with Crippen molar-refractivity contribution < 1.29 is 4.74 Å². The van der Waals surface area contributed by atoms with Gasteiger partial charge in [0, 0.05) is 10.0 Å². The van der Waals surface area contributed by atoms with E-state index in [0.717, 1.165) is 16.1 Å². The maximum atomic E-state index is 6.14. The van der Waals surface area contributed by atoms with Crippen molar-refractivity contribution in [3.8, 4) is 5.75 Å². The summed E-state index contributed by atoms with van der Waals surface area (Å²) in [7, 11) is 0. The third kappa shape index (κ3) is 3.25. The maximum Gasteiger partial charge on any atom is 0.123 e. The largest absolute Gasteiger partial charge is 0.490 e. The van der Waals surface area contributed by atoms with Gasteiger partial charge in [-0.2, -0.15) is 0 Å². The first kappa shape index (κ1) is 12.9. The summed E-state index contributed by atoms with van der Waals surface area (Å²) >= 11 is 3.55. The van der Waals surface area contributed by atoms with E-state index in [1.165, 1.54) is 37.7 Å². The number of ether oxygens (including phenoxy) is 1. The minimum Gasteiger partial charge on any atom is -0.490 e. The monoisotopic (exact) mass is 296 g/mol. The summed E-state index contributed by atoms with van der Waals surface area (Å²) in [6.07, 6.45) is 7.14. The highest BCUT2D eigenvalue weighted by Gasteiger charge is 2.21. The standard InChI is InChI=1S/C15H21BrO/c1-11-14(16)9-6-10-15(11)17-12(2)13-7-4-3-5-8-13/h6,9-10,12-13H,3-5,7-8H2,1-2H3/t12-/m0/s1. The molecule has 1 atom stereocenters. The fraction of sp³-hybridized carbons (Fsp3) is 0.600. The van der Waals surface area contributed by atoms with Crippen LogP contribution in [0.1, 0.15) is 44.6 Å². The summed E-state index contributed by atoms with van der Waals surface area (Å²) in [5, 5.41) is 0. The highest BCUT2D eigenvalue weighted by Crippen LogP contribution is 2.31. The second kappa shape index (κ2) is 5.90. The first-order valence-electron chi connectivity index (χ1n) is 6.60. The van der Waals surface area contributed by atoms with Crippen molar-refractivity contribution in [1.82, 2.24) is 0 Å². The molecular weight excluding hydrogens is 276 g/mol. The van der Waals surface area contributed by atoms with Crippen molar-refractivity contribution in [3.05, 3.63) is 28.2 Å². The SMILES string of the molecule is Cc1c(Br)cccc1O[C@@H](C)C1CCCCC1. The highest BCUT2D eigenvalue weighted by atomic mass is 79.9. The van der Waals surface area contributed by atoms with Gasteiger partial charge in [-0.05, 0) is 44.7 Å². The lowest BCUT2D eigenvalue weighted by Gasteiger charge is -2.28. The van der Waals surface area contributed by atoms with E-state index in [4.69, 9.17) is 4.74 Å². The lowest BCUT2D eigenvalue weighted by Crippen LogP contribution is -2.25. The molecule has 1 fully saturated rings. The van der Waals surface area contributed by atoms with Gasteiger partial charge < -0.3 is 4.74 Å². The fourth-order valence-electron chi connectivity index (χ4n) is 2.62. The molecule has 0 saturated heterocycles. The molecule has 2 rings (SSSR count). The normalized spacial score (nSPS) is 19.0. The number of rotatable bonds is 3. The first-order chi connectivity index (χ1) is 8.18. The second-order valence-electron chi connectivity index (χ2n) is 5.08. The molecule has 0 bridgehead atoms. The number of benzene rings is 1. The average Bonchev–Trinajstić information content (AvgIpc) is 2.36. The summed E-state index contributed by atoms with van der Waals surface area (Å²) in [5.74, 6) is 1.76. The molecule has 2 heteroatoms. The molecule has 0 radical (unpaired) electrons. The highest BCUT2D eigenvalue weighted by molar-refractivity contribution is 9.10. The van der Waals surface area contributed by atoms with Crippen LogP contribution in [-0.4, -0.2) is 6.10 Å². The smallest absolute Gasteiger partial charge is 0.123 e. The van der Waals surface area contributed by atoms with Gasteiger partial charge in [-0.3, -0.25) is 0 Å². The lowest BCUT2D eigenvalue weighted by atomic mass is 9.86. The Morgan fingerprint density at radius 1 is 1.24 bits per heavy atom. The van der Waals surface area contributed by atoms with E-state index in [1.807, 2.05) is 6.07 Å². The summed E-state index contributed by atoms with van der Waals surface area (Å²) < 4.78 is 7.27. The van der Waals surface area contributed by atoms with E-state index in [2.05, 4.69) is 41.9 Å². The molecule has 0 aliphatic heterocycles. The van der Waals surface area contributed by atoms with Crippen LogP contribution in [0, 0.1) is 12.8 Å². The Morgan fingerprint density at radius 3 is 2.65 bits per heavy atom. The summed E-state index contributed by atoms with van der Waals surface area (Å²) in [5.41, 5.74) is 1.20. The molecule has 0 amide bonds. The van der Waals surface area contributed by atoms with Gasteiger partial charge in [0.25, 0.3) is 0 Å². The minimum absolute atomic E-state index is 0.336. The topological polar surface area (TPSA) is 9.23 Å². The van der Waals surface area contributed by atoms with Gasteiger partial charge in [0.05, 0.1) is 6.10 Å². The van der Waals surface area contributed by atoms with Crippen molar-refractivity contribution in [2.24, 2.45) is 5.92 Å². The van der Waals surface area contributed by atoms with Gasteiger partial charge in [0.15, 0.2) is 0 Å². The predicted octanol–water partition coefficient (Wildman–Crippen LogP) is 5.11. The van der Waals surface area contributed by atoms with E-state index in [9.17, 15) is 0 Å². The van der Waals surface area contributed by atoms with E-state index in [-0.39, 0.29) is 0 Å². The van der Waals surface area contributed by atoms with Gasteiger partial charge in [-0.1, -0.05) is 41.3 Å². The van der Waals surface area contributed by atoms with Crippen molar-refractivity contribution in [2.45, 2.75) is 52.1 Å². The zero-order valence-electron chi connectivity index (χ0n) is 10.7. The van der Waals surface area contributed by atoms with Crippen molar-refractivity contribution >= 4 is 15.9 Å². The van der Waals surface area contributed by atoms with Gasteiger partial charge in [0.2, 0.25) is 0 Å². The van der Waals surface area contributed by atoms with Gasteiger partial charge in [-0.25, -0.2) is 0 Å². The molecule has 0 spiro atoms. The van der Waals surface area contributed by atoms with Crippen molar-refractivity contribution in [1.29, 1.82) is 0 Å². The molecule has 0 N–H and O–H groups in total. The Balaban J connectivity index is 2.01. The Bertz CT molecular complexity index is 369. The molecule has 0 unspecified atom stereocenters. The first-order valence-corrected chi connectivity index (χ1v) is 7.39. The molecule has 1 aliphatic carbocycles. The van der Waals surface area contributed by atoms with Gasteiger partial charge >= 0.3 is 0 Å². The lowest BCUT2D eigenvalue weighted by molar-refractivity contribution is 0.122. The molecular formula is C15H21BrO. The van der Waals surface area contributed by atoms with Gasteiger partial charge in [-0.15, -0.1) is 0 Å². The summed E-state index contributed by atoms with van der Waals surface area (Å²) in [6.45, 7) is 4.32.